The molecule has 1 atom stereocenters. The van der Waals surface area contributed by atoms with Crippen molar-refractivity contribution < 1.29 is 15.0 Å². The van der Waals surface area contributed by atoms with Crippen molar-refractivity contribution in [1.29, 1.82) is 0 Å². The van der Waals surface area contributed by atoms with Crippen molar-refractivity contribution in [3.8, 4) is 11.8 Å². The quantitative estimate of drug-likeness (QED) is 0.812. The number of nitrogens with zero attached hydrogens (tertiary/aromatic N) is 1. The standard InChI is InChI=1S/C15H19NO3S/c1-15(19)6-4-7-16(11-15)14(18)12-9-13(20-10-12)5-2-3-8-17/h9-10,17,19H,3-4,6-8,11H2,1H3. The van der Waals surface area contributed by atoms with Gasteiger partial charge >= 0.3 is 0 Å². The molecule has 2 N–H and O–H groups in total. The molecule has 1 aliphatic heterocycles. The van der Waals surface area contributed by atoms with Gasteiger partial charge in [-0.3, -0.25) is 4.79 Å². The predicted molar refractivity (Wildman–Crippen MR) is 78.7 cm³/mol. The molecular formula is C15H19NO3S. The Morgan fingerprint density at radius 3 is 3.10 bits per heavy atom. The van der Waals surface area contributed by atoms with Crippen LogP contribution in [0.5, 0.6) is 0 Å². The largest absolute Gasteiger partial charge is 0.395 e. The van der Waals surface area contributed by atoms with Gasteiger partial charge in [0.25, 0.3) is 5.91 Å². The molecule has 0 bridgehead atoms. The number of aliphatic hydroxyl groups excluding tert-OH is 1. The van der Waals surface area contributed by atoms with Gasteiger partial charge in [0, 0.05) is 24.9 Å². The predicted octanol–water partition coefficient (Wildman–Crippen LogP) is 1.47. The average Bonchev–Trinajstić information content (AvgIpc) is 2.86. The number of hydrogen-bond acceptors (Lipinski definition) is 4. The molecule has 20 heavy (non-hydrogen) atoms. The lowest BCUT2D eigenvalue weighted by Crippen LogP contribution is -2.48. The number of β-amino-alcohol motifs (C(OH)–C–C–N with tert-alkyl or cyclic N) is 1. The van der Waals surface area contributed by atoms with Crippen molar-refractivity contribution in [2.45, 2.75) is 31.8 Å². The van der Waals surface area contributed by atoms with Crippen LogP contribution < -0.4 is 0 Å². The Kier molecular flexibility index (Phi) is 4.81. The molecule has 1 amide bonds. The molecule has 1 aliphatic rings. The van der Waals surface area contributed by atoms with E-state index >= 15 is 0 Å². The summed E-state index contributed by atoms with van der Waals surface area (Å²) in [5.74, 6) is 5.73. The highest BCUT2D eigenvalue weighted by Gasteiger charge is 2.31. The Morgan fingerprint density at radius 1 is 1.60 bits per heavy atom. The van der Waals surface area contributed by atoms with Gasteiger partial charge in [-0.25, -0.2) is 0 Å². The summed E-state index contributed by atoms with van der Waals surface area (Å²) in [4.78, 5) is 14.9. The number of amides is 1. The van der Waals surface area contributed by atoms with Gasteiger partial charge in [-0.2, -0.15) is 0 Å². The summed E-state index contributed by atoms with van der Waals surface area (Å²) in [6, 6.07) is 1.78. The summed E-state index contributed by atoms with van der Waals surface area (Å²) in [6.07, 6.45) is 2.00. The van der Waals surface area contributed by atoms with Crippen molar-refractivity contribution >= 4 is 17.2 Å². The number of thiophene rings is 1. The fourth-order valence-corrected chi connectivity index (χ4v) is 3.04. The lowest BCUT2D eigenvalue weighted by atomic mass is 9.95. The normalized spacial score (nSPS) is 22.2. The monoisotopic (exact) mass is 293 g/mol. The Balaban J connectivity index is 2.05. The first-order chi connectivity index (χ1) is 9.52. The fourth-order valence-electron chi connectivity index (χ4n) is 2.30. The van der Waals surface area contributed by atoms with E-state index in [9.17, 15) is 9.90 Å². The van der Waals surface area contributed by atoms with Crippen molar-refractivity contribution in [1.82, 2.24) is 4.90 Å². The molecule has 108 valence electrons. The lowest BCUT2D eigenvalue weighted by molar-refractivity contribution is -0.0107. The van der Waals surface area contributed by atoms with Crippen LogP contribution in [0.2, 0.25) is 0 Å². The van der Waals surface area contributed by atoms with Crippen molar-refractivity contribution in [3.05, 3.63) is 21.9 Å². The van der Waals surface area contributed by atoms with E-state index < -0.39 is 5.60 Å². The number of rotatable bonds is 2. The number of carbonyl (C=O) groups is 1. The molecule has 5 heteroatoms. The maximum Gasteiger partial charge on any atom is 0.254 e. The van der Waals surface area contributed by atoms with Crippen LogP contribution in [0.3, 0.4) is 0 Å². The SMILES string of the molecule is CC1(O)CCCN(C(=O)c2csc(C#CCCO)c2)C1. The molecule has 1 aromatic rings. The number of hydrogen-bond donors (Lipinski definition) is 2. The zero-order chi connectivity index (χ0) is 14.6. The lowest BCUT2D eigenvalue weighted by Gasteiger charge is -2.36. The van der Waals surface area contributed by atoms with Crippen molar-refractivity contribution in [3.63, 3.8) is 0 Å². The van der Waals surface area contributed by atoms with Gasteiger partial charge in [0.1, 0.15) is 0 Å². The first kappa shape index (κ1) is 15.0. The molecule has 1 unspecified atom stereocenters. The number of carbonyl (C=O) groups excluding carboxylic acids is 1. The summed E-state index contributed by atoms with van der Waals surface area (Å²) in [6.45, 7) is 2.89. The minimum Gasteiger partial charge on any atom is -0.395 e. The first-order valence-electron chi connectivity index (χ1n) is 6.72. The second-order valence-corrected chi connectivity index (χ2v) is 6.21. The summed E-state index contributed by atoms with van der Waals surface area (Å²) < 4.78 is 0. The second-order valence-electron chi connectivity index (χ2n) is 5.30. The van der Waals surface area contributed by atoms with Gasteiger partial charge in [-0.05, 0) is 25.8 Å². The van der Waals surface area contributed by atoms with E-state index in [0.29, 0.717) is 25.1 Å². The molecule has 0 radical (unpaired) electrons. The molecule has 0 aliphatic carbocycles. The second kappa shape index (κ2) is 6.40. The molecule has 1 saturated heterocycles. The van der Waals surface area contributed by atoms with E-state index in [-0.39, 0.29) is 12.5 Å². The third-order valence-corrected chi connectivity index (χ3v) is 4.10. The van der Waals surface area contributed by atoms with Crippen LogP contribution in [-0.4, -0.2) is 46.3 Å². The van der Waals surface area contributed by atoms with Crippen molar-refractivity contribution in [2.75, 3.05) is 19.7 Å². The minimum atomic E-state index is -0.784. The Morgan fingerprint density at radius 2 is 2.40 bits per heavy atom. The van der Waals surface area contributed by atoms with Gasteiger partial charge in [0.05, 0.1) is 22.6 Å². The highest BCUT2D eigenvalue weighted by molar-refractivity contribution is 7.10. The van der Waals surface area contributed by atoms with E-state index in [1.54, 1.807) is 23.3 Å². The van der Waals surface area contributed by atoms with E-state index in [4.69, 9.17) is 5.11 Å². The van der Waals surface area contributed by atoms with Gasteiger partial charge in [-0.1, -0.05) is 11.8 Å². The van der Waals surface area contributed by atoms with Crippen LogP contribution in [-0.2, 0) is 0 Å². The van der Waals surface area contributed by atoms with Crippen LogP contribution in [0.1, 0.15) is 41.4 Å². The van der Waals surface area contributed by atoms with E-state index in [1.165, 1.54) is 11.3 Å². The fraction of sp³-hybridized carbons (Fsp3) is 0.533. The highest BCUT2D eigenvalue weighted by atomic mass is 32.1. The summed E-state index contributed by atoms with van der Waals surface area (Å²) >= 11 is 1.43. The molecule has 0 aromatic carbocycles. The number of likely N-dealkylation sites (tertiary alicyclic amines) is 1. The Bertz CT molecular complexity index is 539. The average molecular weight is 293 g/mol. The van der Waals surface area contributed by atoms with Gasteiger partial charge < -0.3 is 15.1 Å². The van der Waals surface area contributed by atoms with Gasteiger partial charge in [0.2, 0.25) is 0 Å². The van der Waals surface area contributed by atoms with Crippen LogP contribution in [0, 0.1) is 11.8 Å². The topological polar surface area (TPSA) is 60.8 Å². The minimum absolute atomic E-state index is 0.0450. The zero-order valence-corrected chi connectivity index (χ0v) is 12.4. The third-order valence-electron chi connectivity index (χ3n) is 3.26. The van der Waals surface area contributed by atoms with Crippen LogP contribution >= 0.6 is 11.3 Å². The third kappa shape index (κ3) is 3.83. The molecule has 1 fully saturated rings. The van der Waals surface area contributed by atoms with Gasteiger partial charge in [0.15, 0.2) is 0 Å². The highest BCUT2D eigenvalue weighted by Crippen LogP contribution is 2.23. The molecule has 2 rings (SSSR count). The molecule has 1 aromatic heterocycles. The smallest absolute Gasteiger partial charge is 0.254 e. The number of aliphatic hydroxyl groups is 2. The van der Waals surface area contributed by atoms with E-state index in [0.717, 1.165) is 17.7 Å². The molecule has 0 spiro atoms. The maximum atomic E-state index is 12.4. The Hall–Kier alpha value is -1.35. The summed E-state index contributed by atoms with van der Waals surface area (Å²) in [5.41, 5.74) is -0.158. The zero-order valence-electron chi connectivity index (χ0n) is 11.6. The summed E-state index contributed by atoms with van der Waals surface area (Å²) in [7, 11) is 0. The molecule has 4 nitrogen and oxygen atoms in total. The van der Waals surface area contributed by atoms with Crippen molar-refractivity contribution in [2.24, 2.45) is 0 Å². The van der Waals surface area contributed by atoms with Gasteiger partial charge in [-0.15, -0.1) is 11.3 Å². The van der Waals surface area contributed by atoms with Crippen LogP contribution in [0.4, 0.5) is 0 Å². The van der Waals surface area contributed by atoms with Crippen LogP contribution in [0.15, 0.2) is 11.4 Å². The van der Waals surface area contributed by atoms with Crippen LogP contribution in [0.25, 0.3) is 0 Å². The Labute approximate surface area is 123 Å². The molecular weight excluding hydrogens is 274 g/mol. The maximum absolute atomic E-state index is 12.4. The molecule has 2 heterocycles. The first-order valence-corrected chi connectivity index (χ1v) is 7.60. The number of piperidine rings is 1. The van der Waals surface area contributed by atoms with E-state index in [1.807, 2.05) is 0 Å². The molecule has 0 saturated carbocycles. The summed E-state index contributed by atoms with van der Waals surface area (Å²) in [5, 5.41) is 20.5. The van der Waals surface area contributed by atoms with E-state index in [2.05, 4.69) is 11.8 Å².